The minimum Gasteiger partial charge on any atom is -0.351 e. The molecule has 1 fully saturated rings. The number of nitrogens with zero attached hydrogens (tertiary/aromatic N) is 4. The van der Waals surface area contributed by atoms with Gasteiger partial charge in [0.05, 0.1) is 11.4 Å². The molecular formula is C25H31N5O. The van der Waals surface area contributed by atoms with Gasteiger partial charge in [-0.2, -0.15) is 5.10 Å². The van der Waals surface area contributed by atoms with E-state index in [2.05, 4.69) is 50.5 Å². The molecule has 1 N–H and O–H groups in total. The fourth-order valence-electron chi connectivity index (χ4n) is 4.09. The van der Waals surface area contributed by atoms with Gasteiger partial charge in [0.2, 0.25) is 0 Å². The van der Waals surface area contributed by atoms with Crippen molar-refractivity contribution < 1.29 is 4.79 Å². The first-order valence-corrected chi connectivity index (χ1v) is 11.0. The predicted molar refractivity (Wildman–Crippen MR) is 124 cm³/mol. The summed E-state index contributed by atoms with van der Waals surface area (Å²) in [6.07, 6.45) is 0. The number of carbonyl (C=O) groups excluding carboxylic acids is 1. The molecule has 0 bridgehead atoms. The molecule has 1 aliphatic rings. The molecule has 0 aliphatic carbocycles. The van der Waals surface area contributed by atoms with E-state index in [1.165, 1.54) is 5.56 Å². The van der Waals surface area contributed by atoms with Gasteiger partial charge in [0.1, 0.15) is 0 Å². The van der Waals surface area contributed by atoms with Crippen molar-refractivity contribution >= 4 is 5.91 Å². The molecule has 1 saturated heterocycles. The summed E-state index contributed by atoms with van der Waals surface area (Å²) in [4.78, 5) is 17.4. The van der Waals surface area contributed by atoms with Crippen molar-refractivity contribution in [1.29, 1.82) is 0 Å². The van der Waals surface area contributed by atoms with E-state index < -0.39 is 0 Å². The van der Waals surface area contributed by atoms with Crippen molar-refractivity contribution in [2.75, 3.05) is 39.3 Å². The van der Waals surface area contributed by atoms with Crippen LogP contribution in [0.5, 0.6) is 0 Å². The second kappa shape index (κ2) is 9.90. The van der Waals surface area contributed by atoms with Crippen LogP contribution in [-0.4, -0.2) is 64.8 Å². The van der Waals surface area contributed by atoms with Gasteiger partial charge in [-0.05, 0) is 49.7 Å². The molecule has 0 spiro atoms. The highest BCUT2D eigenvalue weighted by molar-refractivity contribution is 5.94. The lowest BCUT2D eigenvalue weighted by molar-refractivity contribution is 0.0934. The van der Waals surface area contributed by atoms with Crippen molar-refractivity contribution in [3.63, 3.8) is 0 Å². The number of carbonyl (C=O) groups is 1. The van der Waals surface area contributed by atoms with Crippen LogP contribution in [0.3, 0.4) is 0 Å². The normalized spacial score (nSPS) is 15.2. The molecule has 4 rings (SSSR count). The lowest BCUT2D eigenvalue weighted by Gasteiger charge is -2.34. The van der Waals surface area contributed by atoms with E-state index in [0.29, 0.717) is 12.1 Å². The SMILES string of the molecule is Cc1cc(C)n(-c2ccc(C(=O)NCCN3CCN(Cc4ccccc4)CC3)cc2)n1. The average Bonchev–Trinajstić information content (AvgIpc) is 3.13. The van der Waals surface area contributed by atoms with E-state index in [0.717, 1.165) is 56.3 Å². The van der Waals surface area contributed by atoms with E-state index in [-0.39, 0.29) is 5.91 Å². The Balaban J connectivity index is 1.20. The quantitative estimate of drug-likeness (QED) is 0.642. The fourth-order valence-corrected chi connectivity index (χ4v) is 4.09. The lowest BCUT2D eigenvalue weighted by Crippen LogP contribution is -2.48. The van der Waals surface area contributed by atoms with Gasteiger partial charge in [-0.15, -0.1) is 0 Å². The predicted octanol–water partition coefficient (Wildman–Crippen LogP) is 3.04. The van der Waals surface area contributed by atoms with Crippen molar-refractivity contribution in [2.45, 2.75) is 20.4 Å². The number of hydrogen-bond donors (Lipinski definition) is 1. The maximum atomic E-state index is 12.5. The lowest BCUT2D eigenvalue weighted by atomic mass is 10.2. The number of hydrogen-bond acceptors (Lipinski definition) is 4. The molecule has 162 valence electrons. The molecule has 0 saturated carbocycles. The summed E-state index contributed by atoms with van der Waals surface area (Å²) in [5.41, 5.74) is 5.08. The third kappa shape index (κ3) is 5.60. The fraction of sp³-hybridized carbons (Fsp3) is 0.360. The molecule has 2 heterocycles. The molecule has 2 aromatic carbocycles. The largest absolute Gasteiger partial charge is 0.351 e. The summed E-state index contributed by atoms with van der Waals surface area (Å²) in [6.45, 7) is 10.8. The number of rotatable bonds is 7. The number of piperazine rings is 1. The van der Waals surface area contributed by atoms with Gasteiger partial charge in [-0.1, -0.05) is 30.3 Å². The van der Waals surface area contributed by atoms with Gasteiger partial charge in [0.15, 0.2) is 0 Å². The molecule has 3 aromatic rings. The zero-order chi connectivity index (χ0) is 21.6. The van der Waals surface area contributed by atoms with Gasteiger partial charge in [0, 0.05) is 57.1 Å². The smallest absolute Gasteiger partial charge is 0.251 e. The summed E-state index contributed by atoms with van der Waals surface area (Å²) in [6, 6.07) is 20.3. The minimum absolute atomic E-state index is 0.0253. The number of aromatic nitrogens is 2. The Morgan fingerprint density at radius 3 is 2.26 bits per heavy atom. The van der Waals surface area contributed by atoms with Crippen LogP contribution >= 0.6 is 0 Å². The molecule has 0 atom stereocenters. The topological polar surface area (TPSA) is 53.4 Å². The second-order valence-electron chi connectivity index (χ2n) is 8.25. The Morgan fingerprint density at radius 1 is 0.935 bits per heavy atom. The molecule has 0 unspecified atom stereocenters. The van der Waals surface area contributed by atoms with Gasteiger partial charge in [-0.3, -0.25) is 14.6 Å². The number of aryl methyl sites for hydroxylation is 2. The van der Waals surface area contributed by atoms with E-state index in [1.54, 1.807) is 0 Å². The summed E-state index contributed by atoms with van der Waals surface area (Å²) < 4.78 is 1.90. The van der Waals surface area contributed by atoms with Crippen molar-refractivity contribution in [2.24, 2.45) is 0 Å². The summed E-state index contributed by atoms with van der Waals surface area (Å²) in [5.74, 6) is -0.0253. The molecule has 6 heteroatoms. The van der Waals surface area contributed by atoms with Crippen LogP contribution in [0.15, 0.2) is 60.7 Å². The van der Waals surface area contributed by atoms with Crippen molar-refractivity contribution in [3.8, 4) is 5.69 Å². The number of benzene rings is 2. The molecule has 1 amide bonds. The third-order valence-corrected chi connectivity index (χ3v) is 5.81. The maximum absolute atomic E-state index is 12.5. The maximum Gasteiger partial charge on any atom is 0.251 e. The Labute approximate surface area is 184 Å². The first kappa shape index (κ1) is 21.3. The number of amides is 1. The summed E-state index contributed by atoms with van der Waals surface area (Å²) in [5, 5.41) is 7.55. The zero-order valence-corrected chi connectivity index (χ0v) is 18.4. The van der Waals surface area contributed by atoms with Crippen LogP contribution in [0.2, 0.25) is 0 Å². The van der Waals surface area contributed by atoms with Gasteiger partial charge in [0.25, 0.3) is 5.91 Å². The molecule has 6 nitrogen and oxygen atoms in total. The third-order valence-electron chi connectivity index (χ3n) is 5.81. The Kier molecular flexibility index (Phi) is 6.79. The Bertz CT molecular complexity index is 989. The monoisotopic (exact) mass is 417 g/mol. The molecular weight excluding hydrogens is 386 g/mol. The standard InChI is InChI=1S/C25H31N5O/c1-20-18-21(2)30(27-20)24-10-8-23(9-11-24)25(31)26-12-13-28-14-16-29(17-15-28)19-22-6-4-3-5-7-22/h3-11,18H,12-17,19H2,1-2H3,(H,26,31). The van der Waals surface area contributed by atoms with E-state index >= 15 is 0 Å². The highest BCUT2D eigenvalue weighted by atomic mass is 16.1. The Morgan fingerprint density at radius 2 is 1.61 bits per heavy atom. The number of nitrogens with one attached hydrogen (secondary N) is 1. The Hall–Kier alpha value is -2.96. The van der Waals surface area contributed by atoms with E-state index in [9.17, 15) is 4.79 Å². The van der Waals surface area contributed by atoms with Gasteiger partial charge in [-0.25, -0.2) is 4.68 Å². The zero-order valence-electron chi connectivity index (χ0n) is 18.4. The van der Waals surface area contributed by atoms with Gasteiger partial charge < -0.3 is 5.32 Å². The van der Waals surface area contributed by atoms with Crippen LogP contribution in [-0.2, 0) is 6.54 Å². The summed E-state index contributed by atoms with van der Waals surface area (Å²) >= 11 is 0. The van der Waals surface area contributed by atoms with E-state index in [4.69, 9.17) is 0 Å². The average molecular weight is 418 g/mol. The molecule has 31 heavy (non-hydrogen) atoms. The van der Waals surface area contributed by atoms with Crippen LogP contribution in [0.1, 0.15) is 27.3 Å². The second-order valence-corrected chi connectivity index (χ2v) is 8.25. The molecule has 1 aromatic heterocycles. The van der Waals surface area contributed by atoms with Gasteiger partial charge >= 0.3 is 0 Å². The molecule has 1 aliphatic heterocycles. The summed E-state index contributed by atoms with van der Waals surface area (Å²) in [7, 11) is 0. The van der Waals surface area contributed by atoms with Crippen LogP contribution in [0.25, 0.3) is 5.69 Å². The van der Waals surface area contributed by atoms with Crippen LogP contribution in [0.4, 0.5) is 0 Å². The van der Waals surface area contributed by atoms with Crippen molar-refractivity contribution in [1.82, 2.24) is 24.9 Å². The van der Waals surface area contributed by atoms with Crippen LogP contribution < -0.4 is 5.32 Å². The van der Waals surface area contributed by atoms with E-state index in [1.807, 2.05) is 48.9 Å². The highest BCUT2D eigenvalue weighted by Crippen LogP contribution is 2.13. The van der Waals surface area contributed by atoms with Crippen LogP contribution in [0, 0.1) is 13.8 Å². The minimum atomic E-state index is -0.0253. The van der Waals surface area contributed by atoms with Crippen molar-refractivity contribution in [3.05, 3.63) is 83.2 Å². The highest BCUT2D eigenvalue weighted by Gasteiger charge is 2.17. The first-order valence-electron chi connectivity index (χ1n) is 11.0. The first-order chi connectivity index (χ1) is 15.1. The molecule has 0 radical (unpaired) electrons.